The van der Waals surface area contributed by atoms with E-state index in [9.17, 15) is 5.11 Å². The molecule has 5 heteroatoms. The molecule has 0 atom stereocenters. The summed E-state index contributed by atoms with van der Waals surface area (Å²) in [4.78, 5) is 2.34. The van der Waals surface area contributed by atoms with E-state index < -0.39 is 5.60 Å². The maximum Gasteiger partial charge on any atom is 0.159 e. The Morgan fingerprint density at radius 3 is 2.44 bits per heavy atom. The van der Waals surface area contributed by atoms with Crippen LogP contribution >= 0.6 is 0 Å². The zero-order valence-corrected chi connectivity index (χ0v) is 9.73. The van der Waals surface area contributed by atoms with Gasteiger partial charge in [0.2, 0.25) is 0 Å². The Kier molecular flexibility index (Phi) is 4.16. The van der Waals surface area contributed by atoms with E-state index in [1.165, 1.54) is 0 Å². The second-order valence-electron chi connectivity index (χ2n) is 4.73. The molecule has 2 saturated heterocycles. The van der Waals surface area contributed by atoms with Gasteiger partial charge in [-0.15, -0.1) is 0 Å². The Bertz CT molecular complexity index is 211. The average Bonchev–Trinajstić information content (AvgIpc) is 2.81. The number of nitrogens with two attached hydrogens (primary N) is 1. The van der Waals surface area contributed by atoms with Crippen LogP contribution in [0.5, 0.6) is 0 Å². The highest BCUT2D eigenvalue weighted by Crippen LogP contribution is 2.21. The maximum atomic E-state index is 9.98. The Balaban J connectivity index is 1.65. The van der Waals surface area contributed by atoms with Gasteiger partial charge < -0.3 is 25.2 Å². The first-order chi connectivity index (χ1) is 7.72. The number of ether oxygens (including phenoxy) is 2. The third kappa shape index (κ3) is 3.15. The Morgan fingerprint density at radius 1 is 1.25 bits per heavy atom. The van der Waals surface area contributed by atoms with Crippen molar-refractivity contribution in [1.29, 1.82) is 0 Å². The van der Waals surface area contributed by atoms with E-state index in [1.54, 1.807) is 0 Å². The zero-order chi connectivity index (χ0) is 11.4. The SMILES string of the molecule is NCC1(O)CCN(CCC2OCCO2)CC1. The maximum absolute atomic E-state index is 9.98. The third-order valence-electron chi connectivity index (χ3n) is 3.54. The molecule has 0 aromatic rings. The summed E-state index contributed by atoms with van der Waals surface area (Å²) in [5.41, 5.74) is 4.92. The molecule has 2 fully saturated rings. The van der Waals surface area contributed by atoms with E-state index in [-0.39, 0.29) is 6.29 Å². The topological polar surface area (TPSA) is 68.0 Å². The van der Waals surface area contributed by atoms with Gasteiger partial charge in [-0.05, 0) is 12.8 Å². The molecular weight excluding hydrogens is 208 g/mol. The standard InChI is InChI=1S/C11H22N2O3/c12-9-11(14)2-5-13(6-3-11)4-1-10-15-7-8-16-10/h10,14H,1-9,12H2. The molecule has 5 nitrogen and oxygen atoms in total. The van der Waals surface area contributed by atoms with Crippen molar-refractivity contribution in [2.24, 2.45) is 5.73 Å². The van der Waals surface area contributed by atoms with E-state index in [4.69, 9.17) is 15.2 Å². The van der Waals surface area contributed by atoms with Crippen molar-refractivity contribution >= 4 is 0 Å². The molecule has 0 radical (unpaired) electrons. The van der Waals surface area contributed by atoms with Crippen LogP contribution in [0.15, 0.2) is 0 Å². The number of rotatable bonds is 4. The van der Waals surface area contributed by atoms with Gasteiger partial charge in [0.15, 0.2) is 6.29 Å². The van der Waals surface area contributed by atoms with Crippen molar-refractivity contribution in [3.8, 4) is 0 Å². The summed E-state index contributed by atoms with van der Waals surface area (Å²) in [6, 6.07) is 0. The first kappa shape index (κ1) is 12.3. The number of piperidine rings is 1. The van der Waals surface area contributed by atoms with Crippen molar-refractivity contribution in [1.82, 2.24) is 4.90 Å². The van der Waals surface area contributed by atoms with Crippen molar-refractivity contribution in [2.75, 3.05) is 39.4 Å². The molecule has 94 valence electrons. The van der Waals surface area contributed by atoms with Crippen LogP contribution in [-0.4, -0.2) is 61.3 Å². The normalized spacial score (nSPS) is 27.4. The summed E-state index contributed by atoms with van der Waals surface area (Å²) in [7, 11) is 0. The number of likely N-dealkylation sites (tertiary alicyclic amines) is 1. The van der Waals surface area contributed by atoms with E-state index in [2.05, 4.69) is 4.90 Å². The molecule has 2 aliphatic heterocycles. The monoisotopic (exact) mass is 230 g/mol. The highest BCUT2D eigenvalue weighted by atomic mass is 16.7. The molecule has 0 aliphatic carbocycles. The van der Waals surface area contributed by atoms with Crippen LogP contribution in [0.25, 0.3) is 0 Å². The highest BCUT2D eigenvalue weighted by molar-refractivity contribution is 4.86. The van der Waals surface area contributed by atoms with Crippen molar-refractivity contribution in [3.63, 3.8) is 0 Å². The number of hydrogen-bond donors (Lipinski definition) is 2. The predicted octanol–water partition coefficient (Wildman–Crippen LogP) is -0.465. The quantitative estimate of drug-likeness (QED) is 0.684. The summed E-state index contributed by atoms with van der Waals surface area (Å²) >= 11 is 0. The fourth-order valence-electron chi connectivity index (χ4n) is 2.26. The summed E-state index contributed by atoms with van der Waals surface area (Å²) < 4.78 is 10.8. The van der Waals surface area contributed by atoms with Gasteiger partial charge >= 0.3 is 0 Å². The van der Waals surface area contributed by atoms with Crippen LogP contribution < -0.4 is 5.73 Å². The van der Waals surface area contributed by atoms with Crippen LogP contribution in [0, 0.1) is 0 Å². The third-order valence-corrected chi connectivity index (χ3v) is 3.54. The molecule has 2 rings (SSSR count). The molecule has 0 spiro atoms. The second kappa shape index (κ2) is 5.42. The number of hydrogen-bond acceptors (Lipinski definition) is 5. The van der Waals surface area contributed by atoms with E-state index >= 15 is 0 Å². The van der Waals surface area contributed by atoms with E-state index in [1.807, 2.05) is 0 Å². The lowest BCUT2D eigenvalue weighted by molar-refractivity contribution is -0.0591. The van der Waals surface area contributed by atoms with Gasteiger partial charge in [0.1, 0.15) is 0 Å². The molecule has 0 saturated carbocycles. The number of nitrogens with zero attached hydrogens (tertiary/aromatic N) is 1. The summed E-state index contributed by atoms with van der Waals surface area (Å²) in [5, 5.41) is 9.98. The zero-order valence-electron chi connectivity index (χ0n) is 9.73. The fourth-order valence-corrected chi connectivity index (χ4v) is 2.26. The summed E-state index contributed by atoms with van der Waals surface area (Å²) in [6.07, 6.45) is 2.45. The van der Waals surface area contributed by atoms with Gasteiger partial charge in [-0.25, -0.2) is 0 Å². The first-order valence-electron chi connectivity index (χ1n) is 6.10. The van der Waals surface area contributed by atoms with Crippen LogP contribution in [0.1, 0.15) is 19.3 Å². The van der Waals surface area contributed by atoms with Gasteiger partial charge in [-0.1, -0.05) is 0 Å². The molecular formula is C11H22N2O3. The molecule has 0 aromatic carbocycles. The van der Waals surface area contributed by atoms with Gasteiger partial charge in [-0.3, -0.25) is 0 Å². The second-order valence-corrected chi connectivity index (χ2v) is 4.73. The molecule has 16 heavy (non-hydrogen) atoms. The molecule has 2 aliphatic rings. The van der Waals surface area contributed by atoms with Gasteiger partial charge in [0.25, 0.3) is 0 Å². The molecule has 2 heterocycles. The van der Waals surface area contributed by atoms with Gasteiger partial charge in [0.05, 0.1) is 18.8 Å². The van der Waals surface area contributed by atoms with E-state index in [0.29, 0.717) is 6.54 Å². The molecule has 0 aromatic heterocycles. The lowest BCUT2D eigenvalue weighted by Crippen LogP contribution is -2.49. The molecule has 0 amide bonds. The molecule has 3 N–H and O–H groups in total. The fraction of sp³-hybridized carbons (Fsp3) is 1.00. The first-order valence-corrected chi connectivity index (χ1v) is 6.10. The Hall–Kier alpha value is -0.200. The Labute approximate surface area is 96.5 Å². The van der Waals surface area contributed by atoms with Gasteiger partial charge in [0, 0.05) is 32.6 Å². The lowest BCUT2D eigenvalue weighted by Gasteiger charge is -2.37. The van der Waals surface area contributed by atoms with Crippen LogP contribution in [0.3, 0.4) is 0 Å². The summed E-state index contributed by atoms with van der Waals surface area (Å²) in [6.45, 7) is 4.62. The van der Waals surface area contributed by atoms with Crippen LogP contribution in [0.2, 0.25) is 0 Å². The molecule has 0 unspecified atom stereocenters. The van der Waals surface area contributed by atoms with Crippen molar-refractivity contribution < 1.29 is 14.6 Å². The summed E-state index contributed by atoms with van der Waals surface area (Å²) in [5.74, 6) is 0. The smallest absolute Gasteiger partial charge is 0.159 e. The lowest BCUT2D eigenvalue weighted by atomic mass is 9.91. The minimum absolute atomic E-state index is 0.0182. The minimum atomic E-state index is -0.628. The van der Waals surface area contributed by atoms with Crippen molar-refractivity contribution in [2.45, 2.75) is 31.2 Å². The van der Waals surface area contributed by atoms with Crippen LogP contribution in [-0.2, 0) is 9.47 Å². The number of aliphatic hydroxyl groups is 1. The highest BCUT2D eigenvalue weighted by Gasteiger charge is 2.30. The minimum Gasteiger partial charge on any atom is -0.388 e. The Morgan fingerprint density at radius 2 is 1.88 bits per heavy atom. The van der Waals surface area contributed by atoms with Gasteiger partial charge in [-0.2, -0.15) is 0 Å². The van der Waals surface area contributed by atoms with E-state index in [0.717, 1.165) is 52.1 Å². The van der Waals surface area contributed by atoms with Crippen LogP contribution in [0.4, 0.5) is 0 Å². The van der Waals surface area contributed by atoms with Crippen molar-refractivity contribution in [3.05, 3.63) is 0 Å². The predicted molar refractivity (Wildman–Crippen MR) is 60.0 cm³/mol. The average molecular weight is 230 g/mol. The molecule has 0 bridgehead atoms. The largest absolute Gasteiger partial charge is 0.388 e.